The molecule has 0 aliphatic carbocycles. The molecular weight excluding hydrogens is 294 g/mol. The Balaban J connectivity index is 1.55. The Labute approximate surface area is 134 Å². The number of aromatic nitrogens is 4. The SMILES string of the molecule is COc1ccccc1-c1noc(CNCCn2cc(C)cn2)n1. The maximum Gasteiger partial charge on any atom is 0.240 e. The molecule has 23 heavy (non-hydrogen) atoms. The fourth-order valence-corrected chi connectivity index (χ4v) is 2.24. The first-order chi connectivity index (χ1) is 11.3. The minimum absolute atomic E-state index is 0.516. The number of hydrogen-bond acceptors (Lipinski definition) is 6. The van der Waals surface area contributed by atoms with E-state index in [1.807, 2.05) is 48.3 Å². The molecule has 0 bridgehead atoms. The summed E-state index contributed by atoms with van der Waals surface area (Å²) in [5.74, 6) is 1.80. The molecule has 0 unspecified atom stereocenters. The van der Waals surface area contributed by atoms with Gasteiger partial charge >= 0.3 is 0 Å². The predicted octanol–water partition coefficient (Wildman–Crippen LogP) is 2.04. The van der Waals surface area contributed by atoms with Crippen LogP contribution in [0.15, 0.2) is 41.2 Å². The summed E-state index contributed by atoms with van der Waals surface area (Å²) in [6.45, 7) is 4.10. The lowest BCUT2D eigenvalue weighted by Gasteiger charge is -2.03. The summed E-state index contributed by atoms with van der Waals surface area (Å²) >= 11 is 0. The maximum absolute atomic E-state index is 5.31. The zero-order valence-electron chi connectivity index (χ0n) is 13.2. The number of ether oxygens (including phenoxy) is 1. The highest BCUT2D eigenvalue weighted by Crippen LogP contribution is 2.26. The quantitative estimate of drug-likeness (QED) is 0.673. The van der Waals surface area contributed by atoms with E-state index >= 15 is 0 Å². The number of nitrogens with zero attached hydrogens (tertiary/aromatic N) is 4. The number of methoxy groups -OCH3 is 1. The van der Waals surface area contributed by atoms with Crippen molar-refractivity contribution in [1.82, 2.24) is 25.2 Å². The van der Waals surface area contributed by atoms with Crippen molar-refractivity contribution in [3.63, 3.8) is 0 Å². The Hall–Kier alpha value is -2.67. The molecule has 0 saturated heterocycles. The zero-order chi connectivity index (χ0) is 16.1. The molecule has 7 nitrogen and oxygen atoms in total. The molecule has 2 aromatic heterocycles. The molecule has 2 heterocycles. The Morgan fingerprint density at radius 1 is 1.30 bits per heavy atom. The van der Waals surface area contributed by atoms with Crippen molar-refractivity contribution >= 4 is 0 Å². The van der Waals surface area contributed by atoms with Crippen LogP contribution in [0.25, 0.3) is 11.4 Å². The molecule has 3 aromatic rings. The van der Waals surface area contributed by atoms with Crippen LogP contribution in [-0.4, -0.2) is 33.6 Å². The second kappa shape index (κ2) is 7.06. The highest BCUT2D eigenvalue weighted by Gasteiger charge is 2.12. The summed E-state index contributed by atoms with van der Waals surface area (Å²) in [6, 6.07) is 7.59. The molecule has 0 saturated carbocycles. The van der Waals surface area contributed by atoms with Crippen molar-refractivity contribution in [3.8, 4) is 17.1 Å². The van der Waals surface area contributed by atoms with Crippen molar-refractivity contribution in [2.75, 3.05) is 13.7 Å². The number of nitrogens with one attached hydrogen (secondary N) is 1. The third kappa shape index (κ3) is 3.75. The fourth-order valence-electron chi connectivity index (χ4n) is 2.24. The molecule has 0 aliphatic rings. The van der Waals surface area contributed by atoms with Crippen LogP contribution in [0, 0.1) is 6.92 Å². The summed E-state index contributed by atoms with van der Waals surface area (Å²) in [6.07, 6.45) is 3.85. The first kappa shape index (κ1) is 15.2. The molecule has 0 fully saturated rings. The second-order valence-corrected chi connectivity index (χ2v) is 5.17. The van der Waals surface area contributed by atoms with Crippen LogP contribution in [0.4, 0.5) is 0 Å². The van der Waals surface area contributed by atoms with E-state index in [0.29, 0.717) is 18.3 Å². The lowest BCUT2D eigenvalue weighted by atomic mass is 10.2. The van der Waals surface area contributed by atoms with E-state index in [1.54, 1.807) is 7.11 Å². The van der Waals surface area contributed by atoms with Gasteiger partial charge in [-0.05, 0) is 24.6 Å². The maximum atomic E-state index is 5.31. The average molecular weight is 313 g/mol. The first-order valence-corrected chi connectivity index (χ1v) is 7.42. The smallest absolute Gasteiger partial charge is 0.240 e. The number of para-hydroxylation sites is 1. The topological polar surface area (TPSA) is 78.0 Å². The highest BCUT2D eigenvalue weighted by molar-refractivity contribution is 5.63. The summed E-state index contributed by atoms with van der Waals surface area (Å²) < 4.78 is 12.5. The summed E-state index contributed by atoms with van der Waals surface area (Å²) in [4.78, 5) is 4.40. The molecule has 0 atom stereocenters. The molecule has 0 spiro atoms. The van der Waals surface area contributed by atoms with Crippen molar-refractivity contribution in [2.24, 2.45) is 0 Å². The van der Waals surface area contributed by atoms with Crippen LogP contribution in [0.1, 0.15) is 11.5 Å². The number of rotatable bonds is 7. The van der Waals surface area contributed by atoms with Gasteiger partial charge in [0.05, 0.1) is 32.0 Å². The molecule has 1 aromatic carbocycles. The predicted molar refractivity (Wildman–Crippen MR) is 85.0 cm³/mol. The van der Waals surface area contributed by atoms with Crippen molar-refractivity contribution in [2.45, 2.75) is 20.0 Å². The third-order valence-electron chi connectivity index (χ3n) is 3.37. The Bertz CT molecular complexity index is 765. The van der Waals surface area contributed by atoms with Crippen LogP contribution in [0.3, 0.4) is 0 Å². The van der Waals surface area contributed by atoms with E-state index in [9.17, 15) is 0 Å². The van der Waals surface area contributed by atoms with Gasteiger partial charge in [-0.25, -0.2) is 0 Å². The lowest BCUT2D eigenvalue weighted by Crippen LogP contribution is -2.19. The van der Waals surface area contributed by atoms with E-state index in [2.05, 4.69) is 20.6 Å². The van der Waals surface area contributed by atoms with Crippen LogP contribution >= 0.6 is 0 Å². The van der Waals surface area contributed by atoms with Crippen LogP contribution in [0.5, 0.6) is 5.75 Å². The molecule has 0 aliphatic heterocycles. The zero-order valence-corrected chi connectivity index (χ0v) is 13.2. The third-order valence-corrected chi connectivity index (χ3v) is 3.37. The van der Waals surface area contributed by atoms with Gasteiger partial charge in [0, 0.05) is 12.7 Å². The van der Waals surface area contributed by atoms with Crippen LogP contribution in [-0.2, 0) is 13.1 Å². The van der Waals surface area contributed by atoms with Crippen molar-refractivity contribution in [3.05, 3.63) is 48.1 Å². The van der Waals surface area contributed by atoms with Gasteiger partial charge in [0.2, 0.25) is 11.7 Å². The van der Waals surface area contributed by atoms with Gasteiger partial charge in [0.25, 0.3) is 0 Å². The molecule has 3 rings (SSSR count). The number of benzene rings is 1. The van der Waals surface area contributed by atoms with Gasteiger partial charge in [0.15, 0.2) is 0 Å². The van der Waals surface area contributed by atoms with Gasteiger partial charge < -0.3 is 14.6 Å². The van der Waals surface area contributed by atoms with E-state index < -0.39 is 0 Å². The molecule has 0 radical (unpaired) electrons. The molecule has 120 valence electrons. The van der Waals surface area contributed by atoms with E-state index in [1.165, 1.54) is 0 Å². The number of hydrogen-bond donors (Lipinski definition) is 1. The van der Waals surface area contributed by atoms with E-state index in [4.69, 9.17) is 9.26 Å². The minimum Gasteiger partial charge on any atom is -0.496 e. The Morgan fingerprint density at radius 2 is 2.17 bits per heavy atom. The largest absolute Gasteiger partial charge is 0.496 e. The monoisotopic (exact) mass is 313 g/mol. The summed E-state index contributed by atoms with van der Waals surface area (Å²) in [7, 11) is 1.62. The average Bonchev–Trinajstić information content (AvgIpc) is 3.20. The summed E-state index contributed by atoms with van der Waals surface area (Å²) in [5.41, 5.74) is 1.97. The normalized spacial score (nSPS) is 10.9. The van der Waals surface area contributed by atoms with Gasteiger partial charge in [-0.3, -0.25) is 4.68 Å². The Kier molecular flexibility index (Phi) is 4.68. The first-order valence-electron chi connectivity index (χ1n) is 7.42. The van der Waals surface area contributed by atoms with Crippen LogP contribution < -0.4 is 10.1 Å². The molecule has 0 amide bonds. The molecule has 7 heteroatoms. The highest BCUT2D eigenvalue weighted by atomic mass is 16.5. The molecular formula is C16H19N5O2. The Morgan fingerprint density at radius 3 is 2.96 bits per heavy atom. The minimum atomic E-state index is 0.516. The van der Waals surface area contributed by atoms with E-state index in [0.717, 1.165) is 30.0 Å². The van der Waals surface area contributed by atoms with Crippen LogP contribution in [0.2, 0.25) is 0 Å². The summed E-state index contributed by atoms with van der Waals surface area (Å²) in [5, 5.41) is 11.5. The molecule has 1 N–H and O–H groups in total. The number of aryl methyl sites for hydroxylation is 1. The van der Waals surface area contributed by atoms with Crippen molar-refractivity contribution in [1.29, 1.82) is 0 Å². The fraction of sp³-hybridized carbons (Fsp3) is 0.312. The van der Waals surface area contributed by atoms with E-state index in [-0.39, 0.29) is 0 Å². The van der Waals surface area contributed by atoms with Crippen molar-refractivity contribution < 1.29 is 9.26 Å². The van der Waals surface area contributed by atoms with Gasteiger partial charge in [-0.1, -0.05) is 17.3 Å². The van der Waals surface area contributed by atoms with Gasteiger partial charge in [-0.15, -0.1) is 0 Å². The second-order valence-electron chi connectivity index (χ2n) is 5.17. The van der Waals surface area contributed by atoms with Gasteiger partial charge in [-0.2, -0.15) is 10.1 Å². The lowest BCUT2D eigenvalue weighted by molar-refractivity contribution is 0.365. The standard InChI is InChI=1S/C16H19N5O2/c1-12-9-18-21(11-12)8-7-17-10-15-19-16(20-23-15)13-5-3-4-6-14(13)22-2/h3-6,9,11,17H,7-8,10H2,1-2H3. The van der Waals surface area contributed by atoms with Gasteiger partial charge in [0.1, 0.15) is 5.75 Å².